The van der Waals surface area contributed by atoms with E-state index in [1.165, 1.54) is 25.6 Å². The minimum atomic E-state index is 0.482. The van der Waals surface area contributed by atoms with Crippen molar-refractivity contribution < 1.29 is 0 Å². The summed E-state index contributed by atoms with van der Waals surface area (Å²) >= 11 is 0. The Morgan fingerprint density at radius 1 is 1.17 bits per heavy atom. The fraction of sp³-hybridized carbons (Fsp3) is 0.462. The van der Waals surface area contributed by atoms with Gasteiger partial charge in [0.25, 0.3) is 0 Å². The molecule has 0 amide bonds. The number of nitrogens with zero attached hydrogens (tertiary/aromatic N) is 3. The zero-order valence-electron chi connectivity index (χ0n) is 10.7. The number of unbranched alkanes of at least 4 members (excludes halogenated alkanes) is 3. The smallest absolute Gasteiger partial charge is 0.166 e. The maximum Gasteiger partial charge on any atom is 0.166 e. The lowest BCUT2D eigenvalue weighted by molar-refractivity contribution is 0.684. The topological polar surface area (TPSA) is 76.7 Å². The van der Waals surface area contributed by atoms with E-state index in [1.807, 2.05) is 6.07 Å². The molecule has 0 aliphatic heterocycles. The van der Waals surface area contributed by atoms with Crippen LogP contribution in [0.15, 0.2) is 18.5 Å². The van der Waals surface area contributed by atoms with Gasteiger partial charge in [0.2, 0.25) is 0 Å². The van der Waals surface area contributed by atoms with E-state index in [2.05, 4.69) is 27.2 Å². The van der Waals surface area contributed by atoms with Gasteiger partial charge >= 0.3 is 0 Å². The molecule has 5 heteroatoms. The molecule has 0 unspecified atom stereocenters. The van der Waals surface area contributed by atoms with Gasteiger partial charge in [0, 0.05) is 6.54 Å². The summed E-state index contributed by atoms with van der Waals surface area (Å²) in [6.45, 7) is 3.14. The number of hydrogen-bond acceptors (Lipinski definition) is 5. The molecule has 18 heavy (non-hydrogen) atoms. The molecule has 0 aliphatic rings. The fourth-order valence-electron chi connectivity index (χ4n) is 1.86. The lowest BCUT2D eigenvalue weighted by atomic mass is 10.2. The predicted octanol–water partition coefficient (Wildman–Crippen LogP) is 2.60. The van der Waals surface area contributed by atoms with Crippen molar-refractivity contribution in [2.75, 3.05) is 17.6 Å². The number of anilines is 2. The van der Waals surface area contributed by atoms with Crippen LogP contribution < -0.4 is 11.1 Å². The normalized spacial score (nSPS) is 10.7. The largest absolute Gasteiger partial charge is 0.384 e. The van der Waals surface area contributed by atoms with E-state index in [0.29, 0.717) is 11.5 Å². The van der Waals surface area contributed by atoms with E-state index in [1.54, 1.807) is 6.07 Å². The lowest BCUT2D eigenvalue weighted by Crippen LogP contribution is -2.05. The Hall–Kier alpha value is -1.91. The van der Waals surface area contributed by atoms with Crippen LogP contribution in [0.1, 0.15) is 32.6 Å². The van der Waals surface area contributed by atoms with Crippen LogP contribution >= 0.6 is 0 Å². The molecule has 0 atom stereocenters. The summed E-state index contributed by atoms with van der Waals surface area (Å²) in [4.78, 5) is 12.6. The van der Waals surface area contributed by atoms with Crippen molar-refractivity contribution >= 4 is 22.7 Å². The van der Waals surface area contributed by atoms with E-state index in [-0.39, 0.29) is 0 Å². The number of hydrogen-bond donors (Lipinski definition) is 2. The second-order valence-corrected chi connectivity index (χ2v) is 4.32. The lowest BCUT2D eigenvalue weighted by Gasteiger charge is -2.07. The molecule has 0 radical (unpaired) electrons. The maximum absolute atomic E-state index is 5.64. The number of fused-ring (bicyclic) bond motifs is 1. The van der Waals surface area contributed by atoms with Gasteiger partial charge < -0.3 is 11.1 Å². The van der Waals surface area contributed by atoms with Crippen LogP contribution in [0.5, 0.6) is 0 Å². The Kier molecular flexibility index (Phi) is 4.28. The highest BCUT2D eigenvalue weighted by Crippen LogP contribution is 2.18. The Labute approximate surface area is 107 Å². The molecule has 0 bridgehead atoms. The van der Waals surface area contributed by atoms with Crippen LogP contribution in [-0.4, -0.2) is 21.5 Å². The molecular weight excluding hydrogens is 226 g/mol. The van der Waals surface area contributed by atoms with Gasteiger partial charge in [-0.1, -0.05) is 26.2 Å². The Morgan fingerprint density at radius 2 is 2.06 bits per heavy atom. The van der Waals surface area contributed by atoms with E-state index in [9.17, 15) is 0 Å². The third kappa shape index (κ3) is 3.06. The number of rotatable bonds is 6. The molecule has 0 aromatic carbocycles. The minimum absolute atomic E-state index is 0.482. The van der Waals surface area contributed by atoms with Gasteiger partial charge in [-0.25, -0.2) is 15.0 Å². The first-order valence-electron chi connectivity index (χ1n) is 6.42. The first kappa shape index (κ1) is 12.5. The molecule has 5 nitrogen and oxygen atoms in total. The zero-order chi connectivity index (χ0) is 12.8. The molecule has 0 saturated heterocycles. The number of nitrogens with one attached hydrogen (secondary N) is 1. The van der Waals surface area contributed by atoms with Crippen LogP contribution in [0.3, 0.4) is 0 Å². The second-order valence-electron chi connectivity index (χ2n) is 4.32. The highest BCUT2D eigenvalue weighted by Gasteiger charge is 2.04. The first-order chi connectivity index (χ1) is 8.81. The number of nitrogens with two attached hydrogens (primary N) is 1. The molecule has 0 saturated carbocycles. The summed E-state index contributed by atoms with van der Waals surface area (Å²) < 4.78 is 0. The highest BCUT2D eigenvalue weighted by atomic mass is 15.0. The average molecular weight is 245 g/mol. The van der Waals surface area contributed by atoms with Gasteiger partial charge in [-0.05, 0) is 18.6 Å². The number of pyridine rings is 1. The summed E-state index contributed by atoms with van der Waals surface area (Å²) in [5.74, 6) is 1.32. The Morgan fingerprint density at radius 3 is 2.89 bits per heavy atom. The quantitative estimate of drug-likeness (QED) is 0.765. The van der Waals surface area contributed by atoms with Crippen molar-refractivity contribution in [2.24, 2.45) is 0 Å². The van der Waals surface area contributed by atoms with E-state index in [0.717, 1.165) is 24.2 Å². The van der Waals surface area contributed by atoms with E-state index < -0.39 is 0 Å². The monoisotopic (exact) mass is 245 g/mol. The summed E-state index contributed by atoms with van der Waals surface area (Å²) in [5, 5.41) is 4.25. The van der Waals surface area contributed by atoms with Crippen LogP contribution in [0.2, 0.25) is 0 Å². The predicted molar refractivity (Wildman–Crippen MR) is 74.4 cm³/mol. The molecule has 2 rings (SSSR count). The zero-order valence-corrected chi connectivity index (χ0v) is 10.7. The van der Waals surface area contributed by atoms with Crippen molar-refractivity contribution in [1.82, 2.24) is 15.0 Å². The van der Waals surface area contributed by atoms with Crippen molar-refractivity contribution in [3.63, 3.8) is 0 Å². The summed E-state index contributed by atoms with van der Waals surface area (Å²) in [6, 6.07) is 3.68. The molecular formula is C13H19N5. The van der Waals surface area contributed by atoms with Crippen molar-refractivity contribution in [1.29, 1.82) is 0 Å². The first-order valence-corrected chi connectivity index (χ1v) is 6.42. The van der Waals surface area contributed by atoms with Gasteiger partial charge in [-0.2, -0.15) is 0 Å². The molecule has 0 aliphatic carbocycles. The van der Waals surface area contributed by atoms with Crippen LogP contribution in [0.25, 0.3) is 11.0 Å². The Bertz CT molecular complexity index is 512. The molecule has 96 valence electrons. The van der Waals surface area contributed by atoms with E-state index >= 15 is 0 Å². The fourth-order valence-corrected chi connectivity index (χ4v) is 1.86. The average Bonchev–Trinajstić information content (AvgIpc) is 2.38. The summed E-state index contributed by atoms with van der Waals surface area (Å²) in [5.41, 5.74) is 6.28. The van der Waals surface area contributed by atoms with Gasteiger partial charge in [0.15, 0.2) is 5.65 Å². The Balaban J connectivity index is 2.04. The third-order valence-electron chi connectivity index (χ3n) is 2.84. The van der Waals surface area contributed by atoms with Gasteiger partial charge in [-0.3, -0.25) is 0 Å². The third-order valence-corrected chi connectivity index (χ3v) is 2.84. The molecule has 2 aromatic rings. The molecule has 0 fully saturated rings. The maximum atomic E-state index is 5.64. The van der Waals surface area contributed by atoms with Crippen LogP contribution in [0.4, 0.5) is 11.6 Å². The van der Waals surface area contributed by atoms with Crippen LogP contribution in [-0.2, 0) is 0 Å². The van der Waals surface area contributed by atoms with Crippen molar-refractivity contribution in [3.8, 4) is 0 Å². The molecule has 2 heterocycles. The minimum Gasteiger partial charge on any atom is -0.384 e. The highest BCUT2D eigenvalue weighted by molar-refractivity contribution is 5.86. The summed E-state index contributed by atoms with van der Waals surface area (Å²) in [7, 11) is 0. The number of aromatic nitrogens is 3. The molecule has 0 spiro atoms. The van der Waals surface area contributed by atoms with E-state index in [4.69, 9.17) is 5.73 Å². The molecule has 2 aromatic heterocycles. The SMILES string of the molecule is CCCCCCNc1ncnc2nc(N)ccc12. The van der Waals surface area contributed by atoms with Gasteiger partial charge in [0.05, 0.1) is 5.39 Å². The van der Waals surface area contributed by atoms with Crippen molar-refractivity contribution in [2.45, 2.75) is 32.6 Å². The number of nitrogen functional groups attached to an aromatic ring is 1. The standard InChI is InChI=1S/C13H19N5/c1-2-3-4-5-8-15-12-10-6-7-11(14)18-13(10)17-9-16-12/h6-7,9H,2-5,8H2,1H3,(H3,14,15,16,17,18). The van der Waals surface area contributed by atoms with Gasteiger partial charge in [-0.15, -0.1) is 0 Å². The molecule has 3 N–H and O–H groups in total. The van der Waals surface area contributed by atoms with Gasteiger partial charge in [0.1, 0.15) is 18.0 Å². The summed E-state index contributed by atoms with van der Waals surface area (Å²) in [6.07, 6.45) is 6.45. The van der Waals surface area contributed by atoms with Crippen LogP contribution in [0, 0.1) is 0 Å². The van der Waals surface area contributed by atoms with Crippen molar-refractivity contribution in [3.05, 3.63) is 18.5 Å². The second kappa shape index (κ2) is 6.14.